The van der Waals surface area contributed by atoms with E-state index < -0.39 is 0 Å². The molecule has 156 valence electrons. The van der Waals surface area contributed by atoms with Crippen molar-refractivity contribution in [3.05, 3.63) is 94.0 Å². The summed E-state index contributed by atoms with van der Waals surface area (Å²) in [6.07, 6.45) is 0. The van der Waals surface area contributed by atoms with Crippen molar-refractivity contribution < 1.29 is 4.42 Å². The lowest BCUT2D eigenvalue weighted by Crippen LogP contribution is -2.24. The number of para-hydroxylation sites is 1. The molecule has 0 N–H and O–H groups in total. The molecule has 1 nitrogen and oxygen atoms in total. The molecule has 0 spiro atoms. The van der Waals surface area contributed by atoms with E-state index in [1.165, 1.54) is 55.3 Å². The van der Waals surface area contributed by atoms with Crippen molar-refractivity contribution in [2.45, 2.75) is 38.5 Å². The van der Waals surface area contributed by atoms with Crippen LogP contribution in [0.1, 0.15) is 49.9 Å². The van der Waals surface area contributed by atoms with Crippen LogP contribution in [0.5, 0.6) is 0 Å². The summed E-state index contributed by atoms with van der Waals surface area (Å²) in [6, 6.07) is 23.7. The van der Waals surface area contributed by atoms with E-state index >= 15 is 0 Å². The third kappa shape index (κ3) is 1.97. The summed E-state index contributed by atoms with van der Waals surface area (Å²) in [5.41, 5.74) is 12.3. The highest BCUT2D eigenvalue weighted by atomic mass is 35.5. The van der Waals surface area contributed by atoms with Crippen molar-refractivity contribution in [2.75, 3.05) is 0 Å². The average molecular weight is 435 g/mol. The molecule has 5 aromatic rings. The van der Waals surface area contributed by atoms with Gasteiger partial charge in [0.25, 0.3) is 0 Å². The van der Waals surface area contributed by atoms with Crippen molar-refractivity contribution in [3.63, 3.8) is 0 Å². The van der Waals surface area contributed by atoms with E-state index in [0.717, 1.165) is 16.2 Å². The van der Waals surface area contributed by atoms with E-state index in [4.69, 9.17) is 16.0 Å². The van der Waals surface area contributed by atoms with Crippen LogP contribution in [0.4, 0.5) is 0 Å². The number of furan rings is 1. The summed E-state index contributed by atoms with van der Waals surface area (Å²) in [6.45, 7) is 9.42. The minimum absolute atomic E-state index is 0.105. The van der Waals surface area contributed by atoms with Gasteiger partial charge in [-0.2, -0.15) is 0 Å². The fraction of sp³-hybridized carbons (Fsp3) is 0.200. The van der Waals surface area contributed by atoms with Gasteiger partial charge in [0, 0.05) is 32.2 Å². The van der Waals surface area contributed by atoms with Crippen LogP contribution in [0.15, 0.2) is 71.1 Å². The molecule has 0 bridgehead atoms. The van der Waals surface area contributed by atoms with Gasteiger partial charge in [0.15, 0.2) is 0 Å². The minimum Gasteiger partial charge on any atom is -0.455 e. The Morgan fingerprint density at radius 2 is 1.34 bits per heavy atom. The second-order valence-electron chi connectivity index (χ2n) is 10.3. The topological polar surface area (TPSA) is 13.1 Å². The zero-order chi connectivity index (χ0) is 22.0. The van der Waals surface area contributed by atoms with Gasteiger partial charge in [0.2, 0.25) is 0 Å². The Hall–Kier alpha value is -3.03. The van der Waals surface area contributed by atoms with Crippen molar-refractivity contribution >= 4 is 33.5 Å². The van der Waals surface area contributed by atoms with Crippen molar-refractivity contribution in [1.82, 2.24) is 0 Å². The van der Waals surface area contributed by atoms with E-state index in [1.807, 2.05) is 6.07 Å². The van der Waals surface area contributed by atoms with Crippen LogP contribution in [-0.4, -0.2) is 0 Å². The summed E-state index contributed by atoms with van der Waals surface area (Å²) in [4.78, 5) is 0. The highest BCUT2D eigenvalue weighted by Gasteiger charge is 2.48. The lowest BCUT2D eigenvalue weighted by molar-refractivity contribution is 0.600. The lowest BCUT2D eigenvalue weighted by Gasteiger charge is -2.31. The van der Waals surface area contributed by atoms with Crippen LogP contribution in [0, 0.1) is 0 Å². The zero-order valence-corrected chi connectivity index (χ0v) is 19.4. The third-order valence-electron chi connectivity index (χ3n) is 7.87. The van der Waals surface area contributed by atoms with Crippen molar-refractivity contribution in [2.24, 2.45) is 0 Å². The van der Waals surface area contributed by atoms with E-state index in [9.17, 15) is 0 Å². The second-order valence-corrected chi connectivity index (χ2v) is 10.7. The van der Waals surface area contributed by atoms with E-state index in [0.29, 0.717) is 0 Å². The fourth-order valence-electron chi connectivity index (χ4n) is 6.50. The van der Waals surface area contributed by atoms with E-state index in [1.54, 1.807) is 0 Å². The SMILES string of the molecule is CC1(C)c2cc(Cl)ccc2-c2c1c1c(c3c2oc2ccccc23)-c2ccccc2C1(C)C. The van der Waals surface area contributed by atoms with Gasteiger partial charge in [-0.15, -0.1) is 0 Å². The predicted octanol–water partition coefficient (Wildman–Crippen LogP) is 8.85. The van der Waals surface area contributed by atoms with Gasteiger partial charge in [0.05, 0.1) is 0 Å². The largest absolute Gasteiger partial charge is 0.455 e. The molecule has 0 atom stereocenters. The molecule has 4 aromatic carbocycles. The smallest absolute Gasteiger partial charge is 0.144 e. The molecule has 0 saturated carbocycles. The van der Waals surface area contributed by atoms with Crippen LogP contribution in [0.3, 0.4) is 0 Å². The maximum atomic E-state index is 6.65. The normalized spacial score (nSPS) is 16.8. The summed E-state index contributed by atoms with van der Waals surface area (Å²) in [5.74, 6) is 0. The Morgan fingerprint density at radius 3 is 2.19 bits per heavy atom. The predicted molar refractivity (Wildman–Crippen MR) is 134 cm³/mol. The summed E-state index contributed by atoms with van der Waals surface area (Å²) >= 11 is 6.50. The summed E-state index contributed by atoms with van der Waals surface area (Å²) in [7, 11) is 0. The Kier molecular flexibility index (Phi) is 3.28. The first-order valence-electron chi connectivity index (χ1n) is 11.2. The molecule has 1 heterocycles. The van der Waals surface area contributed by atoms with Gasteiger partial charge in [-0.1, -0.05) is 87.8 Å². The molecule has 0 unspecified atom stereocenters. The van der Waals surface area contributed by atoms with Crippen LogP contribution in [-0.2, 0) is 10.8 Å². The molecule has 2 heteroatoms. The summed E-state index contributed by atoms with van der Waals surface area (Å²) in [5, 5.41) is 3.21. The number of rotatable bonds is 0. The van der Waals surface area contributed by atoms with Gasteiger partial charge >= 0.3 is 0 Å². The lowest BCUT2D eigenvalue weighted by atomic mass is 9.72. The van der Waals surface area contributed by atoms with Gasteiger partial charge in [-0.3, -0.25) is 0 Å². The van der Waals surface area contributed by atoms with Gasteiger partial charge < -0.3 is 4.42 Å². The first kappa shape index (κ1) is 18.5. The van der Waals surface area contributed by atoms with Gasteiger partial charge in [-0.25, -0.2) is 0 Å². The highest BCUT2D eigenvalue weighted by Crippen LogP contribution is 2.63. The molecule has 0 radical (unpaired) electrons. The van der Waals surface area contributed by atoms with E-state index in [-0.39, 0.29) is 10.8 Å². The number of hydrogen-bond acceptors (Lipinski definition) is 1. The van der Waals surface area contributed by atoms with Crippen molar-refractivity contribution in [3.8, 4) is 22.3 Å². The Bertz CT molecular complexity index is 1630. The monoisotopic (exact) mass is 434 g/mol. The molecule has 0 aliphatic heterocycles. The third-order valence-corrected chi connectivity index (χ3v) is 8.10. The quantitative estimate of drug-likeness (QED) is 0.237. The minimum atomic E-state index is -0.174. The number of hydrogen-bond donors (Lipinski definition) is 0. The molecule has 2 aliphatic carbocycles. The van der Waals surface area contributed by atoms with Crippen LogP contribution in [0.25, 0.3) is 44.2 Å². The molecular formula is C30H23ClO. The molecular weight excluding hydrogens is 412 g/mol. The first-order chi connectivity index (χ1) is 15.3. The van der Waals surface area contributed by atoms with Crippen LogP contribution >= 0.6 is 11.6 Å². The molecule has 32 heavy (non-hydrogen) atoms. The number of benzene rings is 4. The highest BCUT2D eigenvalue weighted by molar-refractivity contribution is 6.31. The number of fused-ring (bicyclic) bond motifs is 12. The molecule has 0 saturated heterocycles. The van der Waals surface area contributed by atoms with Crippen LogP contribution in [0.2, 0.25) is 5.02 Å². The van der Waals surface area contributed by atoms with Crippen molar-refractivity contribution in [1.29, 1.82) is 0 Å². The Morgan fingerprint density at radius 1 is 0.688 bits per heavy atom. The molecule has 0 fully saturated rings. The van der Waals surface area contributed by atoms with Gasteiger partial charge in [-0.05, 0) is 57.1 Å². The summed E-state index contributed by atoms with van der Waals surface area (Å²) < 4.78 is 6.65. The van der Waals surface area contributed by atoms with Gasteiger partial charge in [0.1, 0.15) is 11.2 Å². The Balaban J connectivity index is 1.81. The first-order valence-corrected chi connectivity index (χ1v) is 11.6. The maximum absolute atomic E-state index is 6.65. The molecule has 2 aliphatic rings. The standard InChI is InChI=1S/C30H23ClO/c1-29(2)20-11-7-5-9-17(20)23-24-19-10-6-8-12-22(19)32-28(24)25-18-14-13-16(31)15-21(18)30(3,4)27(25)26(23)29/h5-15H,1-4H3. The van der Waals surface area contributed by atoms with E-state index in [2.05, 4.69) is 88.4 Å². The molecule has 1 aromatic heterocycles. The Labute approximate surface area is 192 Å². The average Bonchev–Trinajstić information content (AvgIpc) is 3.34. The zero-order valence-electron chi connectivity index (χ0n) is 18.6. The molecule has 0 amide bonds. The second kappa shape index (κ2) is 5.66. The van der Waals surface area contributed by atoms with Crippen LogP contribution < -0.4 is 0 Å². The molecule has 7 rings (SSSR count). The maximum Gasteiger partial charge on any atom is 0.144 e. The number of halogens is 1. The fourth-order valence-corrected chi connectivity index (χ4v) is 6.67.